The summed E-state index contributed by atoms with van der Waals surface area (Å²) in [6.45, 7) is 4.81. The number of pyridine rings is 1. The molecule has 0 N–H and O–H groups in total. The van der Waals surface area contributed by atoms with Crippen LogP contribution in [0.4, 0.5) is 0 Å². The summed E-state index contributed by atoms with van der Waals surface area (Å²) in [7, 11) is 0. The number of aromatic nitrogens is 1. The van der Waals surface area contributed by atoms with Crippen molar-refractivity contribution in [3.63, 3.8) is 0 Å². The molecule has 19 heavy (non-hydrogen) atoms. The summed E-state index contributed by atoms with van der Waals surface area (Å²) in [5.74, 6) is 0.795. The minimum atomic E-state index is 0. The summed E-state index contributed by atoms with van der Waals surface area (Å²) in [5.41, 5.74) is 2.67. The summed E-state index contributed by atoms with van der Waals surface area (Å²) in [6.07, 6.45) is 6.26. The van der Waals surface area contributed by atoms with E-state index >= 15 is 0 Å². The molecule has 1 aliphatic heterocycles. The van der Waals surface area contributed by atoms with Gasteiger partial charge in [-0.3, -0.25) is 4.90 Å². The standard InChI is InChI=1S/C15H21ClN2.ClH/c1-2-7-18-8-3-4-12-9-13-11(10-14(12)18)5-6-15(16)17-13;/h5-6,12,14H,2-4,7-10H2,1H3;1H/t12-,14-;/m0./s1. The zero-order valence-corrected chi connectivity index (χ0v) is 13.0. The first-order valence-electron chi connectivity index (χ1n) is 7.16. The van der Waals surface area contributed by atoms with Crippen molar-refractivity contribution in [2.45, 2.75) is 45.1 Å². The molecule has 1 saturated heterocycles. The Balaban J connectivity index is 0.00000133. The van der Waals surface area contributed by atoms with Crippen molar-refractivity contribution >= 4 is 24.0 Å². The molecule has 2 nitrogen and oxygen atoms in total. The van der Waals surface area contributed by atoms with Crippen LogP contribution >= 0.6 is 24.0 Å². The molecule has 2 aliphatic rings. The van der Waals surface area contributed by atoms with E-state index in [0.29, 0.717) is 5.15 Å². The zero-order valence-electron chi connectivity index (χ0n) is 11.4. The van der Waals surface area contributed by atoms with Crippen LogP contribution in [0.3, 0.4) is 0 Å². The Morgan fingerprint density at radius 3 is 3.00 bits per heavy atom. The van der Waals surface area contributed by atoms with Crippen LogP contribution < -0.4 is 0 Å². The van der Waals surface area contributed by atoms with Gasteiger partial charge in [-0.25, -0.2) is 4.98 Å². The number of likely N-dealkylation sites (tertiary alicyclic amines) is 1. The van der Waals surface area contributed by atoms with Gasteiger partial charge in [0.1, 0.15) is 5.15 Å². The molecule has 1 fully saturated rings. The van der Waals surface area contributed by atoms with Gasteiger partial charge < -0.3 is 0 Å². The van der Waals surface area contributed by atoms with Gasteiger partial charge in [0.15, 0.2) is 0 Å². The van der Waals surface area contributed by atoms with Crippen molar-refractivity contribution in [1.82, 2.24) is 9.88 Å². The highest BCUT2D eigenvalue weighted by atomic mass is 35.5. The van der Waals surface area contributed by atoms with Gasteiger partial charge in [0.05, 0.1) is 0 Å². The molecule has 0 spiro atoms. The topological polar surface area (TPSA) is 16.1 Å². The smallest absolute Gasteiger partial charge is 0.129 e. The zero-order chi connectivity index (χ0) is 12.5. The lowest BCUT2D eigenvalue weighted by Gasteiger charge is -2.44. The van der Waals surface area contributed by atoms with Gasteiger partial charge >= 0.3 is 0 Å². The molecule has 1 aliphatic carbocycles. The molecule has 1 aromatic heterocycles. The Labute approximate surface area is 127 Å². The minimum absolute atomic E-state index is 0. The molecule has 0 aromatic carbocycles. The molecule has 3 rings (SSSR count). The second-order valence-electron chi connectivity index (χ2n) is 5.65. The van der Waals surface area contributed by atoms with Crippen LogP contribution in [0.15, 0.2) is 12.1 Å². The van der Waals surface area contributed by atoms with E-state index in [1.807, 2.05) is 6.07 Å². The van der Waals surface area contributed by atoms with Crippen LogP contribution in [0.2, 0.25) is 5.15 Å². The quantitative estimate of drug-likeness (QED) is 0.774. The maximum atomic E-state index is 6.01. The first-order chi connectivity index (χ1) is 8.78. The second kappa shape index (κ2) is 6.43. The van der Waals surface area contributed by atoms with E-state index in [1.54, 1.807) is 0 Å². The highest BCUT2D eigenvalue weighted by Gasteiger charge is 2.35. The van der Waals surface area contributed by atoms with Gasteiger partial charge in [-0.05, 0) is 62.7 Å². The molecular weight excluding hydrogens is 279 g/mol. The molecule has 0 unspecified atom stereocenters. The number of hydrogen-bond donors (Lipinski definition) is 0. The van der Waals surface area contributed by atoms with Crippen molar-refractivity contribution in [2.24, 2.45) is 5.92 Å². The lowest BCUT2D eigenvalue weighted by molar-refractivity contribution is 0.0846. The van der Waals surface area contributed by atoms with E-state index in [1.165, 1.54) is 50.0 Å². The first-order valence-corrected chi connectivity index (χ1v) is 7.54. The predicted molar refractivity (Wildman–Crippen MR) is 82.3 cm³/mol. The Bertz CT molecular complexity index is 434. The molecule has 0 amide bonds. The van der Waals surface area contributed by atoms with E-state index in [2.05, 4.69) is 22.9 Å². The van der Waals surface area contributed by atoms with E-state index in [4.69, 9.17) is 11.6 Å². The number of hydrogen-bond acceptors (Lipinski definition) is 2. The van der Waals surface area contributed by atoms with E-state index < -0.39 is 0 Å². The van der Waals surface area contributed by atoms with E-state index in [0.717, 1.165) is 18.4 Å². The first kappa shape index (κ1) is 15.1. The molecular formula is C15H22Cl2N2. The van der Waals surface area contributed by atoms with Crippen molar-refractivity contribution in [3.05, 3.63) is 28.5 Å². The fourth-order valence-corrected chi connectivity index (χ4v) is 3.82. The number of halogens is 2. The Morgan fingerprint density at radius 1 is 1.37 bits per heavy atom. The van der Waals surface area contributed by atoms with Gasteiger partial charge in [-0.2, -0.15) is 0 Å². The summed E-state index contributed by atoms with van der Waals surface area (Å²) in [4.78, 5) is 7.22. The lowest BCUT2D eigenvalue weighted by Crippen LogP contribution is -2.49. The maximum Gasteiger partial charge on any atom is 0.129 e. The minimum Gasteiger partial charge on any atom is -0.300 e. The monoisotopic (exact) mass is 300 g/mol. The lowest BCUT2D eigenvalue weighted by atomic mass is 9.77. The molecule has 2 atom stereocenters. The van der Waals surface area contributed by atoms with Crippen molar-refractivity contribution in [2.75, 3.05) is 13.1 Å². The third-order valence-corrected chi connectivity index (χ3v) is 4.67. The molecule has 0 bridgehead atoms. The molecule has 1 aromatic rings. The highest BCUT2D eigenvalue weighted by molar-refractivity contribution is 6.29. The summed E-state index contributed by atoms with van der Waals surface area (Å²) < 4.78 is 0. The molecule has 106 valence electrons. The molecule has 2 heterocycles. The average Bonchev–Trinajstić information content (AvgIpc) is 2.37. The van der Waals surface area contributed by atoms with Crippen LogP contribution in [-0.4, -0.2) is 29.0 Å². The molecule has 4 heteroatoms. The number of rotatable bonds is 2. The summed E-state index contributed by atoms with van der Waals surface area (Å²) in [6, 6.07) is 4.86. The third-order valence-electron chi connectivity index (χ3n) is 4.46. The Kier molecular flexibility index (Phi) is 5.10. The van der Waals surface area contributed by atoms with Crippen LogP contribution in [-0.2, 0) is 12.8 Å². The van der Waals surface area contributed by atoms with Gasteiger partial charge in [0, 0.05) is 11.7 Å². The Hall–Kier alpha value is -0.310. The SMILES string of the molecule is CCCN1CCC[C@H]2Cc3nc(Cl)ccc3C[C@@H]21.Cl. The van der Waals surface area contributed by atoms with Crippen LogP contribution in [0.5, 0.6) is 0 Å². The van der Waals surface area contributed by atoms with Crippen molar-refractivity contribution in [1.29, 1.82) is 0 Å². The van der Waals surface area contributed by atoms with Gasteiger partial charge in [0.25, 0.3) is 0 Å². The number of fused-ring (bicyclic) bond motifs is 2. The largest absolute Gasteiger partial charge is 0.300 e. The average molecular weight is 301 g/mol. The molecule has 0 radical (unpaired) electrons. The van der Waals surface area contributed by atoms with Crippen LogP contribution in [0, 0.1) is 5.92 Å². The number of nitrogens with zero attached hydrogens (tertiary/aromatic N) is 2. The number of piperidine rings is 1. The highest BCUT2D eigenvalue weighted by Crippen LogP contribution is 2.34. The fraction of sp³-hybridized carbons (Fsp3) is 0.667. The van der Waals surface area contributed by atoms with Gasteiger partial charge in [0.2, 0.25) is 0 Å². The van der Waals surface area contributed by atoms with Crippen LogP contribution in [0.25, 0.3) is 0 Å². The second-order valence-corrected chi connectivity index (χ2v) is 6.04. The third kappa shape index (κ3) is 3.07. The van der Waals surface area contributed by atoms with Crippen LogP contribution in [0.1, 0.15) is 37.4 Å². The Morgan fingerprint density at radius 2 is 2.21 bits per heavy atom. The van der Waals surface area contributed by atoms with Crippen molar-refractivity contribution in [3.8, 4) is 0 Å². The summed E-state index contributed by atoms with van der Waals surface area (Å²) in [5, 5.41) is 0.647. The van der Waals surface area contributed by atoms with Crippen molar-refractivity contribution < 1.29 is 0 Å². The van der Waals surface area contributed by atoms with Gasteiger partial charge in [-0.15, -0.1) is 12.4 Å². The van der Waals surface area contributed by atoms with E-state index in [-0.39, 0.29) is 12.4 Å². The summed E-state index contributed by atoms with van der Waals surface area (Å²) >= 11 is 6.01. The maximum absolute atomic E-state index is 6.01. The normalized spacial score (nSPS) is 26.2. The van der Waals surface area contributed by atoms with Gasteiger partial charge in [-0.1, -0.05) is 24.6 Å². The van der Waals surface area contributed by atoms with E-state index in [9.17, 15) is 0 Å². The predicted octanol–water partition coefficient (Wildman–Crippen LogP) is 3.75. The molecule has 0 saturated carbocycles. The fourth-order valence-electron chi connectivity index (χ4n) is 3.65.